The summed E-state index contributed by atoms with van der Waals surface area (Å²) in [4.78, 5) is 15.7. The van der Waals surface area contributed by atoms with Gasteiger partial charge in [0.15, 0.2) is 5.75 Å². The predicted molar refractivity (Wildman–Crippen MR) is 54.9 cm³/mol. The number of rotatable bonds is 2. The summed E-state index contributed by atoms with van der Waals surface area (Å²) in [5.74, 6) is -0.432. The third-order valence-corrected chi connectivity index (χ3v) is 1.60. The predicted octanol–water partition coefficient (Wildman–Crippen LogP) is 2.49. The highest BCUT2D eigenvalue weighted by Crippen LogP contribution is 2.20. The van der Waals surface area contributed by atoms with Crippen LogP contribution in [0.2, 0.25) is 0 Å². The highest BCUT2D eigenvalue weighted by molar-refractivity contribution is 5.92. The van der Waals surface area contributed by atoms with Gasteiger partial charge in [0, 0.05) is 0 Å². The molecule has 4 nitrogen and oxygen atoms in total. The monoisotopic (exact) mass is 210 g/mol. The van der Waals surface area contributed by atoms with E-state index in [1.54, 1.807) is 32.9 Å². The van der Waals surface area contributed by atoms with Gasteiger partial charge in [-0.25, -0.2) is 10.1 Å². The zero-order chi connectivity index (χ0) is 11.5. The molecule has 1 N–H and O–H groups in total. The van der Waals surface area contributed by atoms with E-state index < -0.39 is 11.6 Å². The van der Waals surface area contributed by atoms with Crippen LogP contribution in [0.5, 0.6) is 5.75 Å². The van der Waals surface area contributed by atoms with Gasteiger partial charge in [0.2, 0.25) is 0 Å². The van der Waals surface area contributed by atoms with E-state index in [1.165, 1.54) is 12.1 Å². The van der Waals surface area contributed by atoms with Crippen LogP contribution in [-0.4, -0.2) is 16.8 Å². The number of carbonyl (C=O) groups excluding carboxylic acids is 1. The third kappa shape index (κ3) is 3.25. The van der Waals surface area contributed by atoms with Crippen molar-refractivity contribution in [3.63, 3.8) is 0 Å². The summed E-state index contributed by atoms with van der Waals surface area (Å²) in [6, 6.07) is 6.33. The van der Waals surface area contributed by atoms with E-state index in [0.29, 0.717) is 0 Å². The fourth-order valence-electron chi connectivity index (χ4n) is 1.05. The van der Waals surface area contributed by atoms with Crippen molar-refractivity contribution < 1.29 is 19.7 Å². The molecule has 15 heavy (non-hydrogen) atoms. The minimum atomic E-state index is -0.570. The van der Waals surface area contributed by atoms with Gasteiger partial charge >= 0.3 is 5.97 Å². The van der Waals surface area contributed by atoms with Crippen molar-refractivity contribution in [2.75, 3.05) is 0 Å². The smallest absolute Gasteiger partial charge is 0.342 e. The average molecular weight is 210 g/mol. The maximum Gasteiger partial charge on any atom is 0.342 e. The van der Waals surface area contributed by atoms with Crippen molar-refractivity contribution in [1.82, 2.24) is 0 Å². The first kappa shape index (κ1) is 11.5. The lowest BCUT2D eigenvalue weighted by molar-refractivity contribution is -0.138. The highest BCUT2D eigenvalue weighted by atomic mass is 17.1. The molecule has 0 spiro atoms. The fourth-order valence-corrected chi connectivity index (χ4v) is 1.05. The Kier molecular flexibility index (Phi) is 3.31. The number of benzene rings is 1. The molecule has 0 aliphatic carbocycles. The minimum Gasteiger partial charge on any atom is -0.456 e. The van der Waals surface area contributed by atoms with Crippen LogP contribution in [-0.2, 0) is 4.74 Å². The summed E-state index contributed by atoms with van der Waals surface area (Å²) >= 11 is 0. The van der Waals surface area contributed by atoms with Crippen molar-refractivity contribution in [2.24, 2.45) is 0 Å². The summed E-state index contributed by atoms with van der Waals surface area (Å²) in [5.41, 5.74) is -0.366. The van der Waals surface area contributed by atoms with Crippen LogP contribution < -0.4 is 4.89 Å². The van der Waals surface area contributed by atoms with Crippen LogP contribution in [0.1, 0.15) is 31.1 Å². The lowest BCUT2D eigenvalue weighted by Crippen LogP contribution is -2.24. The Morgan fingerprint density at radius 1 is 1.27 bits per heavy atom. The number of para-hydroxylation sites is 1. The molecule has 0 aliphatic rings. The van der Waals surface area contributed by atoms with Gasteiger partial charge in [-0.05, 0) is 32.9 Å². The van der Waals surface area contributed by atoms with Crippen LogP contribution in [0.3, 0.4) is 0 Å². The van der Waals surface area contributed by atoms with Crippen LogP contribution in [0.15, 0.2) is 24.3 Å². The lowest BCUT2D eigenvalue weighted by atomic mass is 10.1. The van der Waals surface area contributed by atoms with Gasteiger partial charge in [0.05, 0.1) is 0 Å². The second-order valence-electron chi connectivity index (χ2n) is 4.09. The average Bonchev–Trinajstić information content (AvgIpc) is 2.15. The normalized spacial score (nSPS) is 10.9. The molecule has 1 aromatic carbocycles. The summed E-state index contributed by atoms with van der Waals surface area (Å²) in [7, 11) is 0. The van der Waals surface area contributed by atoms with Crippen LogP contribution >= 0.6 is 0 Å². The molecular formula is C11H14O4. The quantitative estimate of drug-likeness (QED) is 0.463. The van der Waals surface area contributed by atoms with Crippen molar-refractivity contribution >= 4 is 5.97 Å². The number of esters is 1. The van der Waals surface area contributed by atoms with Gasteiger partial charge in [0.25, 0.3) is 0 Å². The first-order valence-electron chi connectivity index (χ1n) is 4.58. The van der Waals surface area contributed by atoms with Crippen molar-refractivity contribution in [3.05, 3.63) is 29.8 Å². The Morgan fingerprint density at radius 2 is 1.87 bits per heavy atom. The van der Waals surface area contributed by atoms with E-state index in [9.17, 15) is 4.79 Å². The Bertz CT molecular complexity index is 352. The summed E-state index contributed by atoms with van der Waals surface area (Å²) in [6.45, 7) is 5.31. The maximum atomic E-state index is 11.6. The molecule has 0 aliphatic heterocycles. The molecule has 0 radical (unpaired) electrons. The van der Waals surface area contributed by atoms with Crippen LogP contribution in [0, 0.1) is 0 Å². The van der Waals surface area contributed by atoms with E-state index in [-0.39, 0.29) is 11.3 Å². The molecule has 0 atom stereocenters. The van der Waals surface area contributed by atoms with Gasteiger partial charge < -0.3 is 9.62 Å². The molecule has 0 heterocycles. The first-order chi connectivity index (χ1) is 6.94. The highest BCUT2D eigenvalue weighted by Gasteiger charge is 2.20. The molecule has 0 unspecified atom stereocenters. The number of hydrogen-bond acceptors (Lipinski definition) is 4. The second kappa shape index (κ2) is 4.31. The standard InChI is InChI=1S/C11H14O4/c1-11(2,3)14-10(12)8-6-4-5-7-9(8)15-13/h4-7,13H,1-3H3. The SMILES string of the molecule is CC(C)(C)OC(=O)c1ccccc1OO. The molecule has 82 valence electrons. The molecule has 0 saturated heterocycles. The van der Waals surface area contributed by atoms with E-state index >= 15 is 0 Å². The molecule has 0 bridgehead atoms. The van der Waals surface area contributed by atoms with Crippen molar-refractivity contribution in [2.45, 2.75) is 26.4 Å². The fraction of sp³-hybridized carbons (Fsp3) is 0.364. The number of ether oxygens (including phenoxy) is 1. The van der Waals surface area contributed by atoms with E-state index in [2.05, 4.69) is 4.89 Å². The largest absolute Gasteiger partial charge is 0.456 e. The Balaban J connectivity index is 2.91. The lowest BCUT2D eigenvalue weighted by Gasteiger charge is -2.19. The maximum absolute atomic E-state index is 11.6. The zero-order valence-corrected chi connectivity index (χ0v) is 8.98. The summed E-state index contributed by atoms with van der Waals surface area (Å²) < 4.78 is 5.14. The Hall–Kier alpha value is -1.55. The van der Waals surface area contributed by atoms with E-state index in [4.69, 9.17) is 9.99 Å². The molecule has 0 amide bonds. The molecule has 0 fully saturated rings. The molecular weight excluding hydrogens is 196 g/mol. The van der Waals surface area contributed by atoms with Gasteiger partial charge in [-0.2, -0.15) is 0 Å². The van der Waals surface area contributed by atoms with Gasteiger partial charge in [0.1, 0.15) is 11.2 Å². The summed E-state index contributed by atoms with van der Waals surface area (Å²) in [5, 5.41) is 8.56. The van der Waals surface area contributed by atoms with E-state index in [0.717, 1.165) is 0 Å². The molecule has 0 aromatic heterocycles. The molecule has 1 rings (SSSR count). The van der Waals surface area contributed by atoms with Gasteiger partial charge in [-0.3, -0.25) is 0 Å². The Labute approximate surface area is 88.4 Å². The third-order valence-electron chi connectivity index (χ3n) is 1.60. The minimum absolute atomic E-state index is 0.0896. The van der Waals surface area contributed by atoms with Gasteiger partial charge in [-0.1, -0.05) is 12.1 Å². The topological polar surface area (TPSA) is 55.8 Å². The second-order valence-corrected chi connectivity index (χ2v) is 4.09. The molecule has 0 saturated carbocycles. The summed E-state index contributed by atoms with van der Waals surface area (Å²) in [6.07, 6.45) is 0. The number of hydrogen-bond donors (Lipinski definition) is 1. The first-order valence-corrected chi connectivity index (χ1v) is 4.58. The van der Waals surface area contributed by atoms with Crippen molar-refractivity contribution in [3.8, 4) is 5.75 Å². The Morgan fingerprint density at radius 3 is 2.40 bits per heavy atom. The van der Waals surface area contributed by atoms with E-state index in [1.807, 2.05) is 0 Å². The zero-order valence-electron chi connectivity index (χ0n) is 8.98. The van der Waals surface area contributed by atoms with Crippen LogP contribution in [0.25, 0.3) is 0 Å². The van der Waals surface area contributed by atoms with Crippen molar-refractivity contribution in [1.29, 1.82) is 0 Å². The number of carbonyl (C=O) groups is 1. The van der Waals surface area contributed by atoms with Crippen LogP contribution in [0.4, 0.5) is 0 Å². The molecule has 1 aromatic rings. The molecule has 4 heteroatoms. The van der Waals surface area contributed by atoms with Gasteiger partial charge in [-0.15, -0.1) is 0 Å².